The van der Waals surface area contributed by atoms with E-state index in [0.29, 0.717) is 21.6 Å². The lowest BCUT2D eigenvalue weighted by Crippen LogP contribution is -2.35. The lowest BCUT2D eigenvalue weighted by atomic mass is 10.1. The van der Waals surface area contributed by atoms with Crippen LogP contribution in [0.3, 0.4) is 0 Å². The van der Waals surface area contributed by atoms with E-state index in [1.54, 1.807) is 30.3 Å². The zero-order valence-corrected chi connectivity index (χ0v) is 16.7. The summed E-state index contributed by atoms with van der Waals surface area (Å²) in [6, 6.07) is 12.0. The molecule has 0 fully saturated rings. The van der Waals surface area contributed by atoms with Crippen molar-refractivity contribution in [1.82, 2.24) is 25.5 Å². The maximum absolute atomic E-state index is 12.1. The van der Waals surface area contributed by atoms with Gasteiger partial charge in [0.1, 0.15) is 0 Å². The average molecular weight is 417 g/mol. The van der Waals surface area contributed by atoms with Crippen molar-refractivity contribution in [3.63, 3.8) is 0 Å². The minimum Gasteiger partial charge on any atom is -0.307 e. The van der Waals surface area contributed by atoms with Crippen LogP contribution >= 0.6 is 23.4 Å². The van der Waals surface area contributed by atoms with Crippen LogP contribution in [0.2, 0.25) is 5.02 Å². The third-order valence-corrected chi connectivity index (χ3v) is 4.90. The van der Waals surface area contributed by atoms with Gasteiger partial charge < -0.3 is 5.32 Å². The highest BCUT2D eigenvalue weighted by atomic mass is 35.5. The second-order valence-electron chi connectivity index (χ2n) is 5.96. The van der Waals surface area contributed by atoms with Crippen LogP contribution < -0.4 is 10.6 Å². The Bertz CT molecular complexity index is 1010. The molecule has 1 heterocycles. The van der Waals surface area contributed by atoms with E-state index in [9.17, 15) is 9.59 Å². The van der Waals surface area contributed by atoms with Crippen LogP contribution in [0.4, 0.5) is 10.5 Å². The Hall–Kier alpha value is -2.91. The Kier molecular flexibility index (Phi) is 6.27. The summed E-state index contributed by atoms with van der Waals surface area (Å²) >= 11 is 7.00. The van der Waals surface area contributed by atoms with Crippen LogP contribution in [0.1, 0.15) is 11.1 Å². The van der Waals surface area contributed by atoms with Gasteiger partial charge in [-0.05, 0) is 60.2 Å². The number of halogens is 1. The molecule has 0 atom stereocenters. The van der Waals surface area contributed by atoms with Gasteiger partial charge >= 0.3 is 6.03 Å². The molecule has 0 saturated carbocycles. The van der Waals surface area contributed by atoms with Gasteiger partial charge in [0.15, 0.2) is 0 Å². The van der Waals surface area contributed by atoms with Crippen molar-refractivity contribution in [2.45, 2.75) is 19.0 Å². The highest BCUT2D eigenvalue weighted by Crippen LogP contribution is 2.19. The van der Waals surface area contributed by atoms with Gasteiger partial charge in [-0.1, -0.05) is 41.1 Å². The Labute approximate surface area is 170 Å². The third kappa shape index (κ3) is 5.08. The number of hydrogen-bond donors (Lipinski definition) is 2. The van der Waals surface area contributed by atoms with E-state index in [0.717, 1.165) is 22.9 Å². The Morgan fingerprint density at radius 1 is 1.14 bits per heavy atom. The van der Waals surface area contributed by atoms with Crippen molar-refractivity contribution in [2.75, 3.05) is 11.1 Å². The molecule has 8 nitrogen and oxygen atoms in total. The van der Waals surface area contributed by atoms with Crippen molar-refractivity contribution < 1.29 is 9.59 Å². The second kappa shape index (κ2) is 8.85. The Morgan fingerprint density at radius 3 is 2.61 bits per heavy atom. The number of urea groups is 1. The van der Waals surface area contributed by atoms with Crippen molar-refractivity contribution in [1.29, 1.82) is 0 Å². The number of aryl methyl sites for hydroxylation is 2. The van der Waals surface area contributed by atoms with Crippen LogP contribution in [0.25, 0.3) is 5.69 Å². The standard InChI is InChI=1S/C18H17ClN6O2S/c1-11-3-8-15(12(2)9-11)20-17(27)21-16(26)10-28-18-22-23-24-25(18)14-6-4-13(19)5-7-14/h3-9H,10H2,1-2H3,(H2,20,21,26,27). The number of nitrogens with zero attached hydrogens (tertiary/aromatic N) is 4. The highest BCUT2D eigenvalue weighted by molar-refractivity contribution is 7.99. The predicted octanol–water partition coefficient (Wildman–Crippen LogP) is 3.37. The van der Waals surface area contributed by atoms with E-state index < -0.39 is 11.9 Å². The second-order valence-corrected chi connectivity index (χ2v) is 7.34. The fourth-order valence-electron chi connectivity index (χ4n) is 2.41. The van der Waals surface area contributed by atoms with Crippen LogP contribution in [0.5, 0.6) is 0 Å². The molecule has 0 aliphatic carbocycles. The number of hydrogen-bond acceptors (Lipinski definition) is 6. The van der Waals surface area contributed by atoms with Gasteiger partial charge in [-0.15, -0.1) is 5.10 Å². The molecule has 0 bridgehead atoms. The predicted molar refractivity (Wildman–Crippen MR) is 108 cm³/mol. The number of tetrazole rings is 1. The molecular formula is C18H17ClN6O2S. The maximum atomic E-state index is 12.1. The first-order valence-corrected chi connectivity index (χ1v) is 9.64. The number of thioether (sulfide) groups is 1. The first-order chi connectivity index (χ1) is 13.4. The van der Waals surface area contributed by atoms with E-state index in [-0.39, 0.29) is 5.75 Å². The molecule has 0 saturated heterocycles. The molecule has 10 heteroatoms. The molecule has 3 rings (SSSR count). The van der Waals surface area contributed by atoms with Gasteiger partial charge in [-0.3, -0.25) is 10.1 Å². The molecule has 0 aliphatic rings. The minimum absolute atomic E-state index is 0.0196. The number of carbonyl (C=O) groups excluding carboxylic acids is 2. The molecule has 2 N–H and O–H groups in total. The zero-order valence-electron chi connectivity index (χ0n) is 15.1. The molecule has 144 valence electrons. The molecule has 0 aliphatic heterocycles. The number of imide groups is 1. The summed E-state index contributed by atoms with van der Waals surface area (Å²) in [5.74, 6) is -0.480. The van der Waals surface area contributed by atoms with Gasteiger partial charge in [0.2, 0.25) is 11.1 Å². The molecule has 28 heavy (non-hydrogen) atoms. The van der Waals surface area contributed by atoms with Gasteiger partial charge in [0.05, 0.1) is 11.4 Å². The van der Waals surface area contributed by atoms with Gasteiger partial charge in [0, 0.05) is 10.7 Å². The fraction of sp³-hybridized carbons (Fsp3) is 0.167. The molecule has 2 aromatic carbocycles. The summed E-state index contributed by atoms with van der Waals surface area (Å²) in [7, 11) is 0. The monoisotopic (exact) mass is 416 g/mol. The van der Waals surface area contributed by atoms with Crippen molar-refractivity contribution >= 4 is 41.0 Å². The molecule has 0 unspecified atom stereocenters. The maximum Gasteiger partial charge on any atom is 0.325 e. The lowest BCUT2D eigenvalue weighted by molar-refractivity contribution is -0.117. The molecule has 3 amide bonds. The highest BCUT2D eigenvalue weighted by Gasteiger charge is 2.14. The van der Waals surface area contributed by atoms with E-state index in [1.165, 1.54) is 4.68 Å². The third-order valence-electron chi connectivity index (χ3n) is 3.73. The van der Waals surface area contributed by atoms with Crippen molar-refractivity contribution in [2.24, 2.45) is 0 Å². The largest absolute Gasteiger partial charge is 0.325 e. The first kappa shape index (κ1) is 19.8. The summed E-state index contributed by atoms with van der Waals surface area (Å²) in [4.78, 5) is 24.1. The van der Waals surface area contributed by atoms with Crippen LogP contribution in [0.15, 0.2) is 47.6 Å². The number of rotatable bonds is 5. The number of benzene rings is 2. The molecular weight excluding hydrogens is 400 g/mol. The van der Waals surface area contributed by atoms with E-state index in [2.05, 4.69) is 26.2 Å². The summed E-state index contributed by atoms with van der Waals surface area (Å²) in [6.45, 7) is 3.85. The van der Waals surface area contributed by atoms with Crippen molar-refractivity contribution in [3.8, 4) is 5.69 Å². The fourth-order valence-corrected chi connectivity index (χ4v) is 3.23. The number of carbonyl (C=O) groups is 2. The SMILES string of the molecule is Cc1ccc(NC(=O)NC(=O)CSc2nnnn2-c2ccc(Cl)cc2)c(C)c1. The van der Waals surface area contributed by atoms with E-state index in [1.807, 2.05) is 26.0 Å². The average Bonchev–Trinajstić information content (AvgIpc) is 3.11. The number of aromatic nitrogens is 4. The topological polar surface area (TPSA) is 102 Å². The van der Waals surface area contributed by atoms with Gasteiger partial charge in [-0.2, -0.15) is 4.68 Å². The number of anilines is 1. The normalized spacial score (nSPS) is 10.5. The molecule has 3 aromatic rings. The van der Waals surface area contributed by atoms with Crippen molar-refractivity contribution in [3.05, 3.63) is 58.6 Å². The smallest absolute Gasteiger partial charge is 0.307 e. The summed E-state index contributed by atoms with van der Waals surface area (Å²) in [5, 5.41) is 17.4. The minimum atomic E-state index is -0.588. The lowest BCUT2D eigenvalue weighted by Gasteiger charge is -2.09. The van der Waals surface area contributed by atoms with Crippen LogP contribution in [-0.2, 0) is 4.79 Å². The summed E-state index contributed by atoms with van der Waals surface area (Å²) < 4.78 is 1.49. The summed E-state index contributed by atoms with van der Waals surface area (Å²) in [5.41, 5.74) is 3.37. The molecule has 0 spiro atoms. The number of nitrogens with one attached hydrogen (secondary N) is 2. The molecule has 1 aromatic heterocycles. The zero-order chi connectivity index (χ0) is 20.1. The molecule has 0 radical (unpaired) electrons. The van der Waals surface area contributed by atoms with Gasteiger partial charge in [0.25, 0.3) is 0 Å². The Morgan fingerprint density at radius 2 is 1.89 bits per heavy atom. The van der Waals surface area contributed by atoms with Crippen LogP contribution in [0, 0.1) is 13.8 Å². The van der Waals surface area contributed by atoms with E-state index >= 15 is 0 Å². The summed E-state index contributed by atoms with van der Waals surface area (Å²) in [6.07, 6.45) is 0. The number of amides is 3. The van der Waals surface area contributed by atoms with Crippen LogP contribution in [-0.4, -0.2) is 37.9 Å². The Balaban J connectivity index is 1.55. The van der Waals surface area contributed by atoms with Gasteiger partial charge in [-0.25, -0.2) is 4.79 Å². The van der Waals surface area contributed by atoms with E-state index in [4.69, 9.17) is 11.6 Å². The first-order valence-electron chi connectivity index (χ1n) is 8.27. The quantitative estimate of drug-likeness (QED) is 0.618.